The van der Waals surface area contributed by atoms with Crippen molar-refractivity contribution in [3.05, 3.63) is 24.3 Å². The van der Waals surface area contributed by atoms with E-state index in [-0.39, 0.29) is 33.6 Å². The summed E-state index contributed by atoms with van der Waals surface area (Å²) in [5.41, 5.74) is 0.908. The van der Waals surface area contributed by atoms with Crippen LogP contribution in [0.2, 0.25) is 0 Å². The standard InChI is InChI=1S/2C12H20O2/c2*1-10(13)14-9-8-12(4)7-5-6-11(12,2)3/h2*5,7H,6,8-9H2,1-4H3/t2*12-/m10/s1. The van der Waals surface area contributed by atoms with Crippen molar-refractivity contribution in [2.24, 2.45) is 21.7 Å². The summed E-state index contributed by atoms with van der Waals surface area (Å²) in [6.07, 6.45) is 13.0. The summed E-state index contributed by atoms with van der Waals surface area (Å²) in [7, 11) is 0. The number of carbonyl (C=O) groups is 2. The van der Waals surface area contributed by atoms with E-state index >= 15 is 0 Å². The molecule has 0 radical (unpaired) electrons. The summed E-state index contributed by atoms with van der Waals surface area (Å²) < 4.78 is 9.98. The highest BCUT2D eigenvalue weighted by molar-refractivity contribution is 5.66. The van der Waals surface area contributed by atoms with Crippen LogP contribution in [0.25, 0.3) is 0 Å². The normalized spacial score (nSPS) is 29.1. The van der Waals surface area contributed by atoms with Crippen LogP contribution in [0.5, 0.6) is 0 Å². The molecular weight excluding hydrogens is 352 g/mol. The molecule has 0 N–H and O–H groups in total. The van der Waals surface area contributed by atoms with Crippen molar-refractivity contribution < 1.29 is 19.1 Å². The molecule has 4 heteroatoms. The van der Waals surface area contributed by atoms with E-state index in [0.717, 1.165) is 25.7 Å². The van der Waals surface area contributed by atoms with Gasteiger partial charge in [0.2, 0.25) is 0 Å². The van der Waals surface area contributed by atoms with Crippen LogP contribution in [-0.4, -0.2) is 25.2 Å². The minimum atomic E-state index is -0.187. The molecule has 0 unspecified atom stereocenters. The minimum absolute atomic E-state index is 0.169. The Morgan fingerprint density at radius 1 is 0.714 bits per heavy atom. The summed E-state index contributed by atoms with van der Waals surface area (Å²) in [5, 5.41) is 0. The molecule has 2 rings (SSSR count). The highest BCUT2D eigenvalue weighted by Crippen LogP contribution is 2.50. The van der Waals surface area contributed by atoms with Gasteiger partial charge in [0.1, 0.15) is 0 Å². The molecule has 0 fully saturated rings. The fraction of sp³-hybridized carbons (Fsp3) is 0.750. The molecule has 4 nitrogen and oxygen atoms in total. The molecule has 0 bridgehead atoms. The number of allylic oxidation sites excluding steroid dienone is 4. The van der Waals surface area contributed by atoms with Crippen molar-refractivity contribution in [2.75, 3.05) is 13.2 Å². The molecule has 0 amide bonds. The van der Waals surface area contributed by atoms with Gasteiger partial charge < -0.3 is 9.47 Å². The molecule has 2 aliphatic carbocycles. The van der Waals surface area contributed by atoms with Crippen molar-refractivity contribution >= 4 is 11.9 Å². The summed E-state index contributed by atoms with van der Waals surface area (Å²) in [6.45, 7) is 17.5. The molecule has 28 heavy (non-hydrogen) atoms. The van der Waals surface area contributed by atoms with E-state index < -0.39 is 0 Å². The second kappa shape index (κ2) is 9.28. The average Bonchev–Trinajstić information content (AvgIpc) is 2.95. The van der Waals surface area contributed by atoms with E-state index in [4.69, 9.17) is 9.47 Å². The number of hydrogen-bond donors (Lipinski definition) is 0. The lowest BCUT2D eigenvalue weighted by Crippen LogP contribution is -2.31. The molecular formula is C24H40O4. The molecule has 2 aliphatic rings. The van der Waals surface area contributed by atoms with Gasteiger partial charge in [-0.25, -0.2) is 0 Å². The number of carbonyl (C=O) groups excluding carboxylic acids is 2. The summed E-state index contributed by atoms with van der Waals surface area (Å²) in [5.74, 6) is -0.373. The molecule has 0 saturated heterocycles. The van der Waals surface area contributed by atoms with E-state index in [0.29, 0.717) is 13.2 Å². The fourth-order valence-electron chi connectivity index (χ4n) is 3.80. The quantitative estimate of drug-likeness (QED) is 0.419. The molecule has 0 spiro atoms. The third kappa shape index (κ3) is 6.22. The van der Waals surface area contributed by atoms with Gasteiger partial charge in [0.15, 0.2) is 0 Å². The molecule has 0 saturated carbocycles. The van der Waals surface area contributed by atoms with Crippen LogP contribution in [0.15, 0.2) is 24.3 Å². The first-order chi connectivity index (χ1) is 12.7. The van der Waals surface area contributed by atoms with E-state index in [1.54, 1.807) is 0 Å². The summed E-state index contributed by atoms with van der Waals surface area (Å²) >= 11 is 0. The summed E-state index contributed by atoms with van der Waals surface area (Å²) in [6, 6.07) is 0. The van der Waals surface area contributed by atoms with Crippen molar-refractivity contribution in [3.8, 4) is 0 Å². The maximum absolute atomic E-state index is 10.6. The third-order valence-electron chi connectivity index (χ3n) is 7.17. The Labute approximate surface area is 171 Å². The van der Waals surface area contributed by atoms with Crippen molar-refractivity contribution in [1.82, 2.24) is 0 Å². The highest BCUT2D eigenvalue weighted by atomic mass is 16.5. The Morgan fingerprint density at radius 2 is 1.04 bits per heavy atom. The van der Waals surface area contributed by atoms with E-state index in [1.807, 2.05) is 0 Å². The van der Waals surface area contributed by atoms with Gasteiger partial charge in [0.25, 0.3) is 0 Å². The van der Waals surface area contributed by atoms with Crippen LogP contribution in [0.4, 0.5) is 0 Å². The Hall–Kier alpha value is -1.58. The predicted molar refractivity (Wildman–Crippen MR) is 114 cm³/mol. The van der Waals surface area contributed by atoms with Crippen LogP contribution >= 0.6 is 0 Å². The molecule has 0 aromatic carbocycles. The first-order valence-corrected chi connectivity index (χ1v) is 10.4. The van der Waals surface area contributed by atoms with Crippen LogP contribution < -0.4 is 0 Å². The van der Waals surface area contributed by atoms with Gasteiger partial charge in [0.05, 0.1) is 13.2 Å². The largest absolute Gasteiger partial charge is 0.466 e. The van der Waals surface area contributed by atoms with Gasteiger partial charge in [-0.3, -0.25) is 9.59 Å². The molecule has 0 heterocycles. The smallest absolute Gasteiger partial charge is 0.302 e. The molecule has 160 valence electrons. The Kier molecular flexibility index (Phi) is 8.10. The van der Waals surface area contributed by atoms with E-state index in [9.17, 15) is 9.59 Å². The minimum Gasteiger partial charge on any atom is -0.466 e. The van der Waals surface area contributed by atoms with Crippen molar-refractivity contribution in [2.45, 2.75) is 81.1 Å². The topological polar surface area (TPSA) is 52.6 Å². The zero-order valence-corrected chi connectivity index (χ0v) is 19.2. The number of hydrogen-bond acceptors (Lipinski definition) is 4. The second-order valence-corrected chi connectivity index (χ2v) is 10.00. The molecule has 0 aliphatic heterocycles. The maximum Gasteiger partial charge on any atom is 0.302 e. The second-order valence-electron chi connectivity index (χ2n) is 10.00. The Balaban J connectivity index is 0.000000280. The van der Waals surface area contributed by atoms with Crippen LogP contribution in [0.1, 0.15) is 81.1 Å². The first kappa shape index (κ1) is 24.5. The van der Waals surface area contributed by atoms with Gasteiger partial charge in [0, 0.05) is 13.8 Å². The lowest BCUT2D eigenvalue weighted by molar-refractivity contribution is -0.142. The van der Waals surface area contributed by atoms with Crippen LogP contribution in [0, 0.1) is 21.7 Å². The third-order valence-corrected chi connectivity index (χ3v) is 7.17. The molecule has 0 aromatic heterocycles. The summed E-state index contributed by atoms with van der Waals surface area (Å²) in [4.78, 5) is 21.3. The van der Waals surface area contributed by atoms with Gasteiger partial charge in [-0.1, -0.05) is 65.8 Å². The average molecular weight is 393 g/mol. The highest BCUT2D eigenvalue weighted by Gasteiger charge is 2.42. The van der Waals surface area contributed by atoms with Crippen LogP contribution in [-0.2, 0) is 19.1 Å². The van der Waals surface area contributed by atoms with Gasteiger partial charge >= 0.3 is 11.9 Å². The van der Waals surface area contributed by atoms with Gasteiger partial charge in [-0.05, 0) is 47.3 Å². The van der Waals surface area contributed by atoms with E-state index in [2.05, 4.69) is 65.8 Å². The Morgan fingerprint density at radius 3 is 1.25 bits per heavy atom. The zero-order chi connectivity index (χ0) is 21.6. The number of esters is 2. The first-order valence-electron chi connectivity index (χ1n) is 10.4. The predicted octanol–water partition coefficient (Wildman–Crippen LogP) is 5.86. The zero-order valence-electron chi connectivity index (χ0n) is 19.2. The Bertz CT molecular complexity index is 560. The number of ether oxygens (including phenoxy) is 2. The molecule has 0 aromatic rings. The lowest BCUT2D eigenvalue weighted by Gasteiger charge is -2.37. The van der Waals surface area contributed by atoms with Gasteiger partial charge in [-0.2, -0.15) is 0 Å². The van der Waals surface area contributed by atoms with Crippen molar-refractivity contribution in [1.29, 1.82) is 0 Å². The number of rotatable bonds is 6. The van der Waals surface area contributed by atoms with E-state index in [1.165, 1.54) is 13.8 Å². The van der Waals surface area contributed by atoms with Gasteiger partial charge in [-0.15, -0.1) is 0 Å². The SMILES string of the molecule is CC(=O)OCC[C@@]1(C)C=CCC1(C)C.CC(=O)OCC[C@]1(C)C=CCC1(C)C. The van der Waals surface area contributed by atoms with Crippen LogP contribution in [0.3, 0.4) is 0 Å². The fourth-order valence-corrected chi connectivity index (χ4v) is 3.80. The maximum atomic E-state index is 10.6. The lowest BCUT2D eigenvalue weighted by atomic mass is 9.67. The molecule has 2 atom stereocenters. The van der Waals surface area contributed by atoms with Crippen molar-refractivity contribution in [3.63, 3.8) is 0 Å². The monoisotopic (exact) mass is 392 g/mol.